The fraction of sp³-hybridized carbons (Fsp3) is 0.316. The van der Waals surface area contributed by atoms with Crippen molar-refractivity contribution in [1.29, 1.82) is 0 Å². The molecule has 1 aromatic carbocycles. The van der Waals surface area contributed by atoms with Crippen LogP contribution < -0.4 is 10.2 Å². The minimum Gasteiger partial charge on any atom is -0.428 e. The molecule has 0 aliphatic carbocycles. The van der Waals surface area contributed by atoms with Crippen molar-refractivity contribution < 1.29 is 18.7 Å². The lowest BCUT2D eigenvalue weighted by Gasteiger charge is -2.18. The van der Waals surface area contributed by atoms with Gasteiger partial charge in [0.1, 0.15) is 11.4 Å². The summed E-state index contributed by atoms with van der Waals surface area (Å²) in [6.07, 6.45) is 1.69. The molecular formula is C19H20FNO4. The van der Waals surface area contributed by atoms with Gasteiger partial charge in [-0.05, 0) is 57.9 Å². The Morgan fingerprint density at radius 3 is 2.48 bits per heavy atom. The molecule has 6 heteroatoms. The van der Waals surface area contributed by atoms with Crippen LogP contribution in [0.2, 0.25) is 0 Å². The third kappa shape index (κ3) is 4.62. The van der Waals surface area contributed by atoms with Crippen LogP contribution in [0, 0.1) is 19.7 Å². The summed E-state index contributed by atoms with van der Waals surface area (Å²) in [5.74, 6) is -0.589. The SMILES string of the molecule is Cc1c(F)cncc1-c1ccc(OC(=O)OC(C)(C)C)c(=O)c(C)c1. The quantitative estimate of drug-likeness (QED) is 0.764. The molecule has 25 heavy (non-hydrogen) atoms. The van der Waals surface area contributed by atoms with E-state index in [4.69, 9.17) is 9.47 Å². The van der Waals surface area contributed by atoms with E-state index >= 15 is 0 Å². The van der Waals surface area contributed by atoms with Crippen molar-refractivity contribution in [1.82, 2.24) is 4.98 Å². The summed E-state index contributed by atoms with van der Waals surface area (Å²) < 4.78 is 23.8. The first-order valence-corrected chi connectivity index (χ1v) is 7.75. The Morgan fingerprint density at radius 1 is 1.16 bits per heavy atom. The lowest BCUT2D eigenvalue weighted by Crippen LogP contribution is -2.27. The van der Waals surface area contributed by atoms with E-state index in [1.807, 2.05) is 0 Å². The van der Waals surface area contributed by atoms with Gasteiger partial charge in [-0.15, -0.1) is 0 Å². The topological polar surface area (TPSA) is 65.5 Å². The number of halogens is 1. The van der Waals surface area contributed by atoms with E-state index in [-0.39, 0.29) is 5.75 Å². The molecule has 0 saturated heterocycles. The van der Waals surface area contributed by atoms with Gasteiger partial charge in [0.15, 0.2) is 5.75 Å². The second-order valence-electron chi connectivity index (χ2n) is 6.67. The number of nitrogens with zero attached hydrogens (tertiary/aromatic N) is 1. The van der Waals surface area contributed by atoms with E-state index in [9.17, 15) is 14.0 Å². The molecule has 0 N–H and O–H groups in total. The van der Waals surface area contributed by atoms with Crippen molar-refractivity contribution >= 4 is 6.16 Å². The van der Waals surface area contributed by atoms with Crippen molar-refractivity contribution in [3.8, 4) is 16.9 Å². The van der Waals surface area contributed by atoms with Gasteiger partial charge in [0, 0.05) is 17.3 Å². The second-order valence-corrected chi connectivity index (χ2v) is 6.67. The highest BCUT2D eigenvalue weighted by Gasteiger charge is 2.19. The van der Waals surface area contributed by atoms with Crippen LogP contribution in [0.1, 0.15) is 31.9 Å². The number of hydrogen-bond donors (Lipinski definition) is 0. The molecule has 0 fully saturated rings. The smallest absolute Gasteiger partial charge is 0.428 e. The van der Waals surface area contributed by atoms with E-state index in [2.05, 4.69) is 4.98 Å². The number of aryl methyl sites for hydroxylation is 1. The second kappa shape index (κ2) is 7.01. The Morgan fingerprint density at radius 2 is 1.84 bits per heavy atom. The van der Waals surface area contributed by atoms with E-state index in [0.29, 0.717) is 22.3 Å². The summed E-state index contributed by atoms with van der Waals surface area (Å²) in [7, 11) is 0. The maximum atomic E-state index is 13.7. The van der Waals surface area contributed by atoms with Crippen molar-refractivity contribution in [3.05, 3.63) is 57.8 Å². The highest BCUT2D eigenvalue weighted by molar-refractivity contribution is 5.68. The van der Waals surface area contributed by atoms with Gasteiger partial charge in [-0.3, -0.25) is 9.78 Å². The molecule has 0 bridgehead atoms. The number of pyridine rings is 1. The average molecular weight is 345 g/mol. The molecular weight excluding hydrogens is 325 g/mol. The van der Waals surface area contributed by atoms with Crippen molar-refractivity contribution in [2.75, 3.05) is 0 Å². The van der Waals surface area contributed by atoms with Crippen LogP contribution in [0.3, 0.4) is 0 Å². The number of aromatic nitrogens is 1. The molecule has 0 aliphatic heterocycles. The number of carbonyl (C=O) groups excluding carboxylic acids is 1. The molecule has 1 aromatic heterocycles. The minimum absolute atomic E-state index is 0.153. The molecule has 1 heterocycles. The van der Waals surface area contributed by atoms with E-state index < -0.39 is 23.0 Å². The highest BCUT2D eigenvalue weighted by Crippen LogP contribution is 2.24. The van der Waals surface area contributed by atoms with Gasteiger partial charge in [0.2, 0.25) is 5.43 Å². The summed E-state index contributed by atoms with van der Waals surface area (Å²) >= 11 is 0. The molecule has 0 unspecified atom stereocenters. The van der Waals surface area contributed by atoms with Crippen molar-refractivity contribution in [2.24, 2.45) is 0 Å². The third-order valence-electron chi connectivity index (χ3n) is 3.42. The molecule has 132 valence electrons. The predicted molar refractivity (Wildman–Crippen MR) is 92.2 cm³/mol. The first-order chi connectivity index (χ1) is 11.6. The molecule has 0 saturated carbocycles. The summed E-state index contributed by atoms with van der Waals surface area (Å²) in [5.41, 5.74) is 0.742. The molecule has 0 amide bonds. The Hall–Kier alpha value is -2.76. The first kappa shape index (κ1) is 18.6. The van der Waals surface area contributed by atoms with Gasteiger partial charge >= 0.3 is 6.16 Å². The van der Waals surface area contributed by atoms with Crippen LogP contribution in [0.15, 0.2) is 35.4 Å². The van der Waals surface area contributed by atoms with Crippen molar-refractivity contribution in [3.63, 3.8) is 0 Å². The normalized spacial score (nSPS) is 11.1. The Bertz CT molecular complexity index is 872. The first-order valence-electron chi connectivity index (χ1n) is 7.75. The number of carbonyl (C=O) groups is 1. The Balaban J connectivity index is 2.45. The zero-order valence-electron chi connectivity index (χ0n) is 14.8. The third-order valence-corrected chi connectivity index (χ3v) is 3.42. The molecule has 0 spiro atoms. The standard InChI is InChI=1S/C19H20FNO4/c1-11-8-13(14-9-21-10-15(20)12(14)2)6-7-16(17(11)22)24-18(23)25-19(3,4)5/h6-10H,1-5H3. The van der Waals surface area contributed by atoms with Gasteiger partial charge in [-0.25, -0.2) is 9.18 Å². The molecule has 0 aliphatic rings. The summed E-state index contributed by atoms with van der Waals surface area (Å²) in [6.45, 7) is 8.31. The molecule has 0 atom stereocenters. The highest BCUT2D eigenvalue weighted by atomic mass is 19.1. The van der Waals surface area contributed by atoms with Crippen LogP contribution >= 0.6 is 0 Å². The molecule has 5 nitrogen and oxygen atoms in total. The largest absolute Gasteiger partial charge is 0.514 e. The van der Waals surface area contributed by atoms with Gasteiger partial charge in [-0.1, -0.05) is 6.07 Å². The van der Waals surface area contributed by atoms with Gasteiger partial charge < -0.3 is 9.47 Å². The lowest BCUT2D eigenvalue weighted by atomic mass is 10.0. The van der Waals surface area contributed by atoms with Crippen LogP contribution in [-0.4, -0.2) is 16.7 Å². The number of hydrogen-bond acceptors (Lipinski definition) is 5. The number of ether oxygens (including phenoxy) is 2. The van der Waals surface area contributed by atoms with Crippen molar-refractivity contribution in [2.45, 2.75) is 40.2 Å². The number of rotatable bonds is 2. The zero-order valence-corrected chi connectivity index (χ0v) is 14.8. The summed E-state index contributed by atoms with van der Waals surface area (Å²) in [6, 6.07) is 4.56. The maximum absolute atomic E-state index is 13.7. The summed E-state index contributed by atoms with van der Waals surface area (Å²) in [5, 5.41) is 0. The van der Waals surface area contributed by atoms with Gasteiger partial charge in [0.05, 0.1) is 6.20 Å². The van der Waals surface area contributed by atoms with Crippen LogP contribution in [0.4, 0.5) is 9.18 Å². The van der Waals surface area contributed by atoms with Crippen LogP contribution in [-0.2, 0) is 4.74 Å². The Labute approximate surface area is 145 Å². The Kier molecular flexibility index (Phi) is 5.21. The predicted octanol–water partition coefficient (Wildman–Crippen LogP) is 4.18. The maximum Gasteiger partial charge on any atom is 0.514 e. The monoisotopic (exact) mass is 345 g/mol. The van der Waals surface area contributed by atoms with Crippen LogP contribution in [0.25, 0.3) is 11.1 Å². The fourth-order valence-corrected chi connectivity index (χ4v) is 2.18. The van der Waals surface area contributed by atoms with Gasteiger partial charge in [-0.2, -0.15) is 0 Å². The van der Waals surface area contributed by atoms with E-state index in [0.717, 1.165) is 6.20 Å². The lowest BCUT2D eigenvalue weighted by molar-refractivity contribution is 0.0204. The zero-order chi connectivity index (χ0) is 18.8. The van der Waals surface area contributed by atoms with E-state index in [1.54, 1.807) is 46.8 Å². The van der Waals surface area contributed by atoms with Gasteiger partial charge in [0.25, 0.3) is 0 Å². The summed E-state index contributed by atoms with van der Waals surface area (Å²) in [4.78, 5) is 28.0. The average Bonchev–Trinajstić information content (AvgIpc) is 2.62. The van der Waals surface area contributed by atoms with Crippen LogP contribution in [0.5, 0.6) is 5.75 Å². The molecule has 2 aromatic rings. The fourth-order valence-electron chi connectivity index (χ4n) is 2.18. The molecule has 2 rings (SSSR count). The molecule has 0 radical (unpaired) electrons. The van der Waals surface area contributed by atoms with E-state index in [1.165, 1.54) is 12.3 Å². The minimum atomic E-state index is -0.958.